The van der Waals surface area contributed by atoms with Crippen molar-refractivity contribution in [2.24, 2.45) is 16.7 Å². The molecule has 1 aromatic carbocycles. The van der Waals surface area contributed by atoms with E-state index < -0.39 is 29.8 Å². The number of amides is 4. The Balaban J connectivity index is 1.88. The van der Waals surface area contributed by atoms with Gasteiger partial charge in [0.2, 0.25) is 11.8 Å². The summed E-state index contributed by atoms with van der Waals surface area (Å²) in [5, 5.41) is 5.44. The van der Waals surface area contributed by atoms with Crippen molar-refractivity contribution in [1.82, 2.24) is 10.6 Å². The first-order chi connectivity index (χ1) is 17.2. The molecule has 0 bridgehead atoms. The van der Waals surface area contributed by atoms with Gasteiger partial charge in [-0.3, -0.25) is 19.2 Å². The average Bonchev–Trinajstić information content (AvgIpc) is 3.28. The van der Waals surface area contributed by atoms with E-state index in [1.807, 2.05) is 65.8 Å². The third-order valence-electron chi connectivity index (χ3n) is 6.76. The molecule has 0 unspecified atom stereocenters. The van der Waals surface area contributed by atoms with Gasteiger partial charge in [0.15, 0.2) is 6.04 Å². The Morgan fingerprint density at radius 2 is 1.35 bits per heavy atom. The molecule has 2 N–H and O–H groups in total. The van der Waals surface area contributed by atoms with Gasteiger partial charge in [0.1, 0.15) is 6.04 Å². The molecule has 1 saturated carbocycles. The first-order valence-corrected chi connectivity index (χ1v) is 13.5. The van der Waals surface area contributed by atoms with E-state index in [-0.39, 0.29) is 16.7 Å². The fraction of sp³-hybridized carbons (Fsp3) is 0.655. The van der Waals surface area contributed by atoms with E-state index in [1.165, 1.54) is 0 Å². The lowest BCUT2D eigenvalue weighted by Crippen LogP contribution is -2.59. The molecule has 1 fully saturated rings. The van der Waals surface area contributed by atoms with Crippen molar-refractivity contribution in [2.75, 3.05) is 22.9 Å². The summed E-state index contributed by atoms with van der Waals surface area (Å²) in [6, 6.07) is 5.13. The minimum atomic E-state index is -1.39. The van der Waals surface area contributed by atoms with Gasteiger partial charge < -0.3 is 20.4 Å². The lowest BCUT2D eigenvalue weighted by atomic mass is 9.95. The van der Waals surface area contributed by atoms with Gasteiger partial charge in [-0.25, -0.2) is 0 Å². The summed E-state index contributed by atoms with van der Waals surface area (Å²) in [5.74, 6) is -1.31. The van der Waals surface area contributed by atoms with E-state index in [0.717, 1.165) is 25.7 Å². The van der Waals surface area contributed by atoms with Crippen LogP contribution in [0.25, 0.3) is 0 Å². The van der Waals surface area contributed by atoms with Crippen molar-refractivity contribution in [2.45, 2.75) is 92.7 Å². The molecule has 1 atom stereocenters. The van der Waals surface area contributed by atoms with Crippen LogP contribution in [-0.2, 0) is 19.2 Å². The van der Waals surface area contributed by atoms with Crippen LogP contribution in [0.5, 0.6) is 0 Å². The fourth-order valence-corrected chi connectivity index (χ4v) is 5.08. The molecule has 4 amide bonds. The van der Waals surface area contributed by atoms with E-state index in [1.54, 1.807) is 16.7 Å². The second-order valence-electron chi connectivity index (χ2n) is 13.0. The molecular weight excluding hydrogens is 468 g/mol. The molecule has 1 aromatic rings. The van der Waals surface area contributed by atoms with Gasteiger partial charge in [-0.1, -0.05) is 66.5 Å². The van der Waals surface area contributed by atoms with Gasteiger partial charge in [0.25, 0.3) is 11.8 Å². The number of para-hydroxylation sites is 2. The molecule has 0 aromatic heterocycles. The number of nitrogens with zero attached hydrogens (tertiary/aromatic N) is 2. The highest BCUT2D eigenvalue weighted by molar-refractivity contribution is 6.21. The number of anilines is 2. The largest absolute Gasteiger partial charge is 0.345 e. The Morgan fingerprint density at radius 1 is 0.892 bits per heavy atom. The van der Waals surface area contributed by atoms with E-state index in [2.05, 4.69) is 10.6 Å². The van der Waals surface area contributed by atoms with Crippen LogP contribution in [0, 0.1) is 16.7 Å². The van der Waals surface area contributed by atoms with Crippen LogP contribution in [0.15, 0.2) is 24.3 Å². The molecule has 8 heteroatoms. The van der Waals surface area contributed by atoms with Crippen LogP contribution >= 0.6 is 0 Å². The maximum atomic E-state index is 13.9. The Kier molecular flexibility index (Phi) is 8.70. The molecule has 0 saturated heterocycles. The van der Waals surface area contributed by atoms with Gasteiger partial charge >= 0.3 is 0 Å². The maximum Gasteiger partial charge on any atom is 0.259 e. The van der Waals surface area contributed by atoms with Crippen molar-refractivity contribution >= 4 is 35.0 Å². The van der Waals surface area contributed by atoms with Crippen LogP contribution in [0.1, 0.15) is 80.6 Å². The quantitative estimate of drug-likeness (QED) is 0.539. The SMILES string of the molecule is C[C@H](NC(=O)CC1CCCC1)C(=O)NC1C(=O)N(CC(C)(C)C)c2ccccc2N(CC(C)(C)C)C1=O. The maximum absolute atomic E-state index is 13.9. The average molecular weight is 513 g/mol. The fourth-order valence-electron chi connectivity index (χ4n) is 5.08. The van der Waals surface area contributed by atoms with Gasteiger partial charge in [-0.05, 0) is 48.6 Å². The van der Waals surface area contributed by atoms with Crippen LogP contribution in [0.3, 0.4) is 0 Å². The summed E-state index contributed by atoms with van der Waals surface area (Å²) >= 11 is 0. The Morgan fingerprint density at radius 3 is 1.78 bits per heavy atom. The first kappa shape index (κ1) is 28.7. The van der Waals surface area contributed by atoms with Gasteiger partial charge in [0.05, 0.1) is 11.4 Å². The van der Waals surface area contributed by atoms with Crippen molar-refractivity contribution in [3.05, 3.63) is 24.3 Å². The van der Waals surface area contributed by atoms with Crippen molar-refractivity contribution in [3.63, 3.8) is 0 Å². The molecule has 204 valence electrons. The standard InChI is InChI=1S/C29H44N4O4/c1-19(30-23(34)16-20-12-8-9-13-20)25(35)31-24-26(36)32(17-28(2,3)4)21-14-10-11-15-22(21)33(27(24)37)18-29(5,6)7/h10-11,14-15,19-20,24H,8-9,12-13,16-18H2,1-7H3,(H,30,34)(H,31,35)/t19-/m0/s1. The van der Waals surface area contributed by atoms with E-state index in [9.17, 15) is 19.2 Å². The zero-order chi connectivity index (χ0) is 27.5. The van der Waals surface area contributed by atoms with Crippen molar-refractivity contribution in [1.29, 1.82) is 0 Å². The molecule has 1 aliphatic heterocycles. The minimum absolute atomic E-state index is 0.177. The second-order valence-corrected chi connectivity index (χ2v) is 13.0. The molecular formula is C29H44N4O4. The second kappa shape index (κ2) is 11.2. The number of rotatable bonds is 7. The zero-order valence-electron chi connectivity index (χ0n) is 23.5. The highest BCUT2D eigenvalue weighted by Gasteiger charge is 2.43. The lowest BCUT2D eigenvalue weighted by Gasteiger charge is -2.32. The Hall–Kier alpha value is -2.90. The number of hydrogen-bond acceptors (Lipinski definition) is 4. The van der Waals surface area contributed by atoms with Crippen LogP contribution in [0.2, 0.25) is 0 Å². The topological polar surface area (TPSA) is 98.8 Å². The Labute approximate surface area is 221 Å². The summed E-state index contributed by atoms with van der Waals surface area (Å²) in [4.78, 5) is 56.7. The third kappa shape index (κ3) is 7.55. The number of benzene rings is 1. The van der Waals surface area contributed by atoms with E-state index in [0.29, 0.717) is 36.8 Å². The monoisotopic (exact) mass is 512 g/mol. The highest BCUT2D eigenvalue weighted by atomic mass is 16.2. The lowest BCUT2D eigenvalue weighted by molar-refractivity contribution is -0.135. The van der Waals surface area contributed by atoms with Crippen molar-refractivity contribution in [3.8, 4) is 0 Å². The molecule has 1 heterocycles. The molecule has 8 nitrogen and oxygen atoms in total. The molecule has 3 rings (SSSR count). The molecule has 1 aliphatic carbocycles. The molecule has 37 heavy (non-hydrogen) atoms. The van der Waals surface area contributed by atoms with E-state index >= 15 is 0 Å². The summed E-state index contributed by atoms with van der Waals surface area (Å²) in [6.45, 7) is 14.5. The Bertz CT molecular complexity index is 962. The van der Waals surface area contributed by atoms with Gasteiger partial charge in [0, 0.05) is 19.5 Å². The molecule has 2 aliphatic rings. The molecule has 0 spiro atoms. The number of hydrogen-bond donors (Lipinski definition) is 2. The summed E-state index contributed by atoms with van der Waals surface area (Å²) in [7, 11) is 0. The minimum Gasteiger partial charge on any atom is -0.345 e. The molecule has 0 radical (unpaired) electrons. The van der Waals surface area contributed by atoms with Gasteiger partial charge in [-0.2, -0.15) is 0 Å². The zero-order valence-corrected chi connectivity index (χ0v) is 23.5. The first-order valence-electron chi connectivity index (χ1n) is 13.5. The van der Waals surface area contributed by atoms with Crippen LogP contribution in [0.4, 0.5) is 11.4 Å². The van der Waals surface area contributed by atoms with Crippen LogP contribution < -0.4 is 20.4 Å². The van der Waals surface area contributed by atoms with Gasteiger partial charge in [-0.15, -0.1) is 0 Å². The number of nitrogens with one attached hydrogen (secondary N) is 2. The summed E-state index contributed by atoms with van der Waals surface area (Å²) < 4.78 is 0. The third-order valence-corrected chi connectivity index (χ3v) is 6.76. The number of fused-ring (bicyclic) bond motifs is 1. The normalized spacial score (nSPS) is 18.5. The number of carbonyl (C=O) groups is 4. The predicted octanol–water partition coefficient (Wildman–Crippen LogP) is 4.03. The van der Waals surface area contributed by atoms with E-state index in [4.69, 9.17) is 0 Å². The predicted molar refractivity (Wildman–Crippen MR) is 146 cm³/mol. The summed E-state index contributed by atoms with van der Waals surface area (Å²) in [5.41, 5.74) is 0.798. The highest BCUT2D eigenvalue weighted by Crippen LogP contribution is 2.36. The number of carbonyl (C=O) groups excluding carboxylic acids is 4. The summed E-state index contributed by atoms with van der Waals surface area (Å²) in [6.07, 6.45) is 4.74. The smallest absolute Gasteiger partial charge is 0.259 e. The van der Waals surface area contributed by atoms with Crippen LogP contribution in [-0.4, -0.2) is 48.8 Å². The van der Waals surface area contributed by atoms with Crippen molar-refractivity contribution < 1.29 is 19.2 Å².